The third-order valence-corrected chi connectivity index (χ3v) is 1.38. The standard InChI is InChI=1S/C8H9FN2O2/c1-11-8(12)13-7-3-2-5(9)4-6(7)10/h2-4H,10H2,1H3,(H,11,12). The van der Waals surface area contributed by atoms with E-state index in [0.717, 1.165) is 12.1 Å². The van der Waals surface area contributed by atoms with Crippen LogP contribution in [0.4, 0.5) is 14.9 Å². The zero-order valence-electron chi connectivity index (χ0n) is 7.00. The van der Waals surface area contributed by atoms with E-state index in [4.69, 9.17) is 10.5 Å². The fourth-order valence-electron chi connectivity index (χ4n) is 0.763. The van der Waals surface area contributed by atoms with Crippen LogP contribution in [-0.2, 0) is 0 Å². The van der Waals surface area contributed by atoms with E-state index in [1.54, 1.807) is 0 Å². The maximum absolute atomic E-state index is 12.5. The normalized spacial score (nSPS) is 9.38. The van der Waals surface area contributed by atoms with Crippen molar-refractivity contribution in [2.75, 3.05) is 12.8 Å². The zero-order valence-corrected chi connectivity index (χ0v) is 7.00. The molecule has 0 bridgehead atoms. The van der Waals surface area contributed by atoms with Gasteiger partial charge in [0.05, 0.1) is 5.69 Å². The van der Waals surface area contributed by atoms with Gasteiger partial charge in [0.25, 0.3) is 0 Å². The minimum Gasteiger partial charge on any atom is -0.408 e. The second kappa shape index (κ2) is 3.75. The molecular formula is C8H9FN2O2. The van der Waals surface area contributed by atoms with Gasteiger partial charge in [0, 0.05) is 13.1 Å². The van der Waals surface area contributed by atoms with E-state index in [-0.39, 0.29) is 11.4 Å². The molecule has 1 amide bonds. The number of anilines is 1. The molecule has 0 aliphatic rings. The monoisotopic (exact) mass is 184 g/mol. The van der Waals surface area contributed by atoms with Crippen LogP contribution in [0.3, 0.4) is 0 Å². The Morgan fingerprint density at radius 2 is 2.31 bits per heavy atom. The molecular weight excluding hydrogens is 175 g/mol. The average molecular weight is 184 g/mol. The molecule has 70 valence electrons. The van der Waals surface area contributed by atoms with Gasteiger partial charge in [0.1, 0.15) is 5.82 Å². The topological polar surface area (TPSA) is 64.3 Å². The summed E-state index contributed by atoms with van der Waals surface area (Å²) in [5.74, 6) is -0.331. The molecule has 0 saturated heterocycles. The van der Waals surface area contributed by atoms with Gasteiger partial charge in [0.15, 0.2) is 5.75 Å². The summed E-state index contributed by atoms with van der Waals surface area (Å²) in [5, 5.41) is 2.24. The summed E-state index contributed by atoms with van der Waals surface area (Å²) in [6.07, 6.45) is -0.640. The first-order valence-electron chi connectivity index (χ1n) is 3.58. The maximum atomic E-state index is 12.5. The van der Waals surface area contributed by atoms with Crippen molar-refractivity contribution in [3.63, 3.8) is 0 Å². The van der Waals surface area contributed by atoms with Crippen LogP contribution in [0.15, 0.2) is 18.2 Å². The van der Waals surface area contributed by atoms with E-state index < -0.39 is 11.9 Å². The highest BCUT2D eigenvalue weighted by Gasteiger charge is 2.05. The molecule has 0 unspecified atom stereocenters. The molecule has 5 heteroatoms. The molecule has 3 N–H and O–H groups in total. The average Bonchev–Trinajstić information content (AvgIpc) is 2.09. The number of ether oxygens (including phenoxy) is 1. The van der Waals surface area contributed by atoms with Gasteiger partial charge in [-0.2, -0.15) is 0 Å². The highest BCUT2D eigenvalue weighted by Crippen LogP contribution is 2.21. The number of hydrogen-bond acceptors (Lipinski definition) is 3. The number of amides is 1. The molecule has 0 radical (unpaired) electrons. The first-order valence-corrected chi connectivity index (χ1v) is 3.58. The van der Waals surface area contributed by atoms with E-state index in [0.29, 0.717) is 0 Å². The smallest absolute Gasteiger partial charge is 0.408 e. The lowest BCUT2D eigenvalue weighted by atomic mass is 10.3. The second-order valence-electron chi connectivity index (χ2n) is 2.32. The van der Waals surface area contributed by atoms with Gasteiger partial charge in [-0.3, -0.25) is 0 Å². The van der Waals surface area contributed by atoms with Gasteiger partial charge in [-0.05, 0) is 12.1 Å². The Hall–Kier alpha value is -1.78. The van der Waals surface area contributed by atoms with Crippen LogP contribution < -0.4 is 15.8 Å². The van der Waals surface area contributed by atoms with Crippen molar-refractivity contribution in [2.45, 2.75) is 0 Å². The number of carbonyl (C=O) groups is 1. The van der Waals surface area contributed by atoms with Crippen LogP contribution in [0, 0.1) is 5.82 Å². The van der Waals surface area contributed by atoms with Crippen molar-refractivity contribution in [1.29, 1.82) is 0 Å². The lowest BCUT2D eigenvalue weighted by Crippen LogP contribution is -2.22. The minimum absolute atomic E-state index is 0.0867. The molecule has 0 fully saturated rings. The van der Waals surface area contributed by atoms with Crippen LogP contribution in [0.1, 0.15) is 0 Å². The Labute approximate surface area is 74.5 Å². The molecule has 0 aromatic heterocycles. The molecule has 4 nitrogen and oxygen atoms in total. The lowest BCUT2D eigenvalue weighted by molar-refractivity contribution is 0.203. The van der Waals surface area contributed by atoms with Crippen LogP contribution in [0.2, 0.25) is 0 Å². The molecule has 0 spiro atoms. The number of nitrogen functional groups attached to an aromatic ring is 1. The maximum Gasteiger partial charge on any atom is 0.412 e. The van der Waals surface area contributed by atoms with Crippen LogP contribution >= 0.6 is 0 Å². The highest BCUT2D eigenvalue weighted by atomic mass is 19.1. The Morgan fingerprint density at radius 3 is 2.85 bits per heavy atom. The minimum atomic E-state index is -0.640. The van der Waals surface area contributed by atoms with E-state index >= 15 is 0 Å². The molecule has 1 aromatic rings. The number of rotatable bonds is 1. The fourth-order valence-corrected chi connectivity index (χ4v) is 0.763. The third-order valence-electron chi connectivity index (χ3n) is 1.38. The summed E-state index contributed by atoms with van der Waals surface area (Å²) in [6, 6.07) is 3.53. The number of benzene rings is 1. The van der Waals surface area contributed by atoms with Crippen molar-refractivity contribution >= 4 is 11.8 Å². The summed E-state index contributed by atoms with van der Waals surface area (Å²) >= 11 is 0. The number of hydrogen-bond donors (Lipinski definition) is 2. The van der Waals surface area contributed by atoms with Gasteiger partial charge in [0.2, 0.25) is 0 Å². The van der Waals surface area contributed by atoms with Gasteiger partial charge < -0.3 is 15.8 Å². The Morgan fingerprint density at radius 1 is 1.62 bits per heavy atom. The highest BCUT2D eigenvalue weighted by molar-refractivity contribution is 5.72. The molecule has 0 heterocycles. The van der Waals surface area contributed by atoms with Gasteiger partial charge in [-0.1, -0.05) is 0 Å². The summed E-state index contributed by atoms with van der Waals surface area (Å²) < 4.78 is 17.2. The molecule has 0 saturated carbocycles. The number of nitrogens with one attached hydrogen (secondary N) is 1. The second-order valence-corrected chi connectivity index (χ2v) is 2.32. The van der Waals surface area contributed by atoms with Crippen molar-refractivity contribution in [3.8, 4) is 5.75 Å². The number of halogens is 1. The SMILES string of the molecule is CNC(=O)Oc1ccc(F)cc1N. The van der Waals surface area contributed by atoms with E-state index in [1.165, 1.54) is 13.1 Å². The van der Waals surface area contributed by atoms with Crippen molar-refractivity contribution < 1.29 is 13.9 Å². The third kappa shape index (κ3) is 2.33. The largest absolute Gasteiger partial charge is 0.412 e. The predicted octanol–water partition coefficient (Wildman–Crippen LogP) is 1.13. The van der Waals surface area contributed by atoms with Crippen molar-refractivity contribution in [1.82, 2.24) is 5.32 Å². The van der Waals surface area contributed by atoms with Gasteiger partial charge >= 0.3 is 6.09 Å². The Bertz CT molecular complexity index is 328. The lowest BCUT2D eigenvalue weighted by Gasteiger charge is -2.05. The Balaban J connectivity index is 2.83. The van der Waals surface area contributed by atoms with Crippen molar-refractivity contribution in [3.05, 3.63) is 24.0 Å². The molecule has 1 rings (SSSR count). The van der Waals surface area contributed by atoms with E-state index in [9.17, 15) is 9.18 Å². The zero-order chi connectivity index (χ0) is 9.84. The summed E-state index contributed by atoms with van der Waals surface area (Å²) in [4.78, 5) is 10.7. The fraction of sp³-hybridized carbons (Fsp3) is 0.125. The van der Waals surface area contributed by atoms with Crippen LogP contribution in [-0.4, -0.2) is 13.1 Å². The predicted molar refractivity (Wildman–Crippen MR) is 45.9 cm³/mol. The first kappa shape index (κ1) is 9.31. The molecule has 13 heavy (non-hydrogen) atoms. The number of nitrogens with two attached hydrogens (primary N) is 1. The first-order chi connectivity index (χ1) is 6.13. The molecule has 0 aliphatic carbocycles. The van der Waals surface area contributed by atoms with Gasteiger partial charge in [-0.25, -0.2) is 9.18 Å². The summed E-state index contributed by atoms with van der Waals surface area (Å²) in [6.45, 7) is 0. The molecule has 0 atom stereocenters. The summed E-state index contributed by atoms with van der Waals surface area (Å²) in [5.41, 5.74) is 5.47. The molecule has 1 aromatic carbocycles. The summed E-state index contributed by atoms with van der Waals surface area (Å²) in [7, 11) is 1.42. The van der Waals surface area contributed by atoms with Crippen molar-refractivity contribution in [2.24, 2.45) is 0 Å². The van der Waals surface area contributed by atoms with Crippen LogP contribution in [0.25, 0.3) is 0 Å². The van der Waals surface area contributed by atoms with Gasteiger partial charge in [-0.15, -0.1) is 0 Å². The quantitative estimate of drug-likeness (QED) is 0.643. The Kier molecular flexibility index (Phi) is 2.69. The van der Waals surface area contributed by atoms with E-state index in [1.807, 2.05) is 0 Å². The van der Waals surface area contributed by atoms with Crippen LogP contribution in [0.5, 0.6) is 5.75 Å². The molecule has 0 aliphatic heterocycles. The number of carbonyl (C=O) groups excluding carboxylic acids is 1. The van der Waals surface area contributed by atoms with E-state index in [2.05, 4.69) is 5.32 Å².